The van der Waals surface area contributed by atoms with Crippen molar-refractivity contribution >= 4 is 21.6 Å². The third-order valence-corrected chi connectivity index (χ3v) is 5.39. The van der Waals surface area contributed by atoms with Crippen LogP contribution in [0.15, 0.2) is 39.6 Å². The first-order chi connectivity index (χ1) is 13.1. The highest BCUT2D eigenvalue weighted by molar-refractivity contribution is 7.18. The summed E-state index contributed by atoms with van der Waals surface area (Å²) in [6, 6.07) is 9.46. The number of H-pyrrole nitrogens is 1. The highest BCUT2D eigenvalue weighted by Crippen LogP contribution is 2.25. The van der Waals surface area contributed by atoms with Gasteiger partial charge in [0.25, 0.3) is 5.56 Å². The Labute approximate surface area is 159 Å². The van der Waals surface area contributed by atoms with Crippen LogP contribution >= 0.6 is 11.3 Å². The quantitative estimate of drug-likeness (QED) is 0.550. The molecule has 0 aliphatic carbocycles. The Balaban J connectivity index is 1.41. The summed E-state index contributed by atoms with van der Waals surface area (Å²) >= 11 is 1.54. The van der Waals surface area contributed by atoms with E-state index in [4.69, 9.17) is 9.26 Å². The van der Waals surface area contributed by atoms with E-state index in [9.17, 15) is 4.79 Å². The molecule has 0 aliphatic heterocycles. The largest absolute Gasteiger partial charge is 0.485 e. The molecule has 8 heteroatoms. The summed E-state index contributed by atoms with van der Waals surface area (Å²) in [5, 5.41) is 4.60. The van der Waals surface area contributed by atoms with Gasteiger partial charge in [-0.05, 0) is 31.5 Å². The predicted octanol–water partition coefficient (Wildman–Crippen LogP) is 3.35. The Kier molecular flexibility index (Phi) is 4.72. The van der Waals surface area contributed by atoms with E-state index < -0.39 is 0 Å². The summed E-state index contributed by atoms with van der Waals surface area (Å²) in [5.41, 5.74) is 0.898. The number of nitrogens with one attached hydrogen (secondary N) is 1. The molecule has 0 bridgehead atoms. The zero-order valence-electron chi connectivity index (χ0n) is 15.0. The molecule has 4 aromatic rings. The normalized spacial score (nSPS) is 11.2. The van der Waals surface area contributed by atoms with Gasteiger partial charge in [-0.25, -0.2) is 4.98 Å². The number of rotatable bonds is 6. The van der Waals surface area contributed by atoms with E-state index in [-0.39, 0.29) is 12.2 Å². The van der Waals surface area contributed by atoms with Crippen LogP contribution in [-0.2, 0) is 19.4 Å². The lowest BCUT2D eigenvalue weighted by Crippen LogP contribution is -2.12. The molecule has 138 valence electrons. The van der Waals surface area contributed by atoms with E-state index >= 15 is 0 Å². The third kappa shape index (κ3) is 3.75. The second kappa shape index (κ2) is 7.32. The number of aryl methyl sites for hydroxylation is 4. The summed E-state index contributed by atoms with van der Waals surface area (Å²) in [4.78, 5) is 25.9. The molecule has 3 heterocycles. The molecule has 0 radical (unpaired) electrons. The summed E-state index contributed by atoms with van der Waals surface area (Å²) in [7, 11) is 0. The fourth-order valence-corrected chi connectivity index (χ4v) is 3.81. The highest BCUT2D eigenvalue weighted by Gasteiger charge is 2.13. The van der Waals surface area contributed by atoms with Crippen LogP contribution in [0.1, 0.15) is 28.0 Å². The Morgan fingerprint density at radius 2 is 1.96 bits per heavy atom. The Hall–Kier alpha value is -3.00. The molecule has 1 aromatic carbocycles. The van der Waals surface area contributed by atoms with Crippen LogP contribution in [0.2, 0.25) is 0 Å². The van der Waals surface area contributed by atoms with Gasteiger partial charge in [-0.15, -0.1) is 11.3 Å². The average Bonchev–Trinajstić information content (AvgIpc) is 3.24. The second-order valence-electron chi connectivity index (χ2n) is 6.18. The zero-order chi connectivity index (χ0) is 18.8. The first kappa shape index (κ1) is 17.4. The van der Waals surface area contributed by atoms with Crippen molar-refractivity contribution in [3.8, 4) is 5.75 Å². The van der Waals surface area contributed by atoms with Gasteiger partial charge in [0.15, 0.2) is 6.61 Å². The SMILES string of the molecule is Cc1sc2nc(CCc3nc(COc4ccccc4)no3)[nH]c(=O)c2c1C. The van der Waals surface area contributed by atoms with Gasteiger partial charge in [0.2, 0.25) is 11.7 Å². The van der Waals surface area contributed by atoms with Gasteiger partial charge in [0, 0.05) is 17.7 Å². The molecule has 0 saturated heterocycles. The zero-order valence-corrected chi connectivity index (χ0v) is 15.8. The van der Waals surface area contributed by atoms with Gasteiger partial charge in [0.05, 0.1) is 5.39 Å². The van der Waals surface area contributed by atoms with Gasteiger partial charge in [-0.1, -0.05) is 23.4 Å². The molecule has 0 amide bonds. The van der Waals surface area contributed by atoms with E-state index in [1.54, 1.807) is 0 Å². The van der Waals surface area contributed by atoms with Crippen LogP contribution in [0.25, 0.3) is 10.2 Å². The van der Waals surface area contributed by atoms with Crippen molar-refractivity contribution in [2.45, 2.75) is 33.3 Å². The van der Waals surface area contributed by atoms with Gasteiger partial charge < -0.3 is 14.2 Å². The molecule has 7 nitrogen and oxygen atoms in total. The fraction of sp³-hybridized carbons (Fsp3) is 0.263. The van der Waals surface area contributed by atoms with Crippen LogP contribution in [0.4, 0.5) is 0 Å². The number of thiophene rings is 1. The van der Waals surface area contributed by atoms with Crippen molar-refractivity contribution in [1.29, 1.82) is 0 Å². The number of hydrogen-bond donors (Lipinski definition) is 1. The van der Waals surface area contributed by atoms with Crippen LogP contribution < -0.4 is 10.3 Å². The maximum atomic E-state index is 12.3. The summed E-state index contributed by atoms with van der Waals surface area (Å²) in [5.74, 6) is 2.34. The number of ether oxygens (including phenoxy) is 1. The van der Waals surface area contributed by atoms with Crippen molar-refractivity contribution in [2.24, 2.45) is 0 Å². The fourth-order valence-electron chi connectivity index (χ4n) is 2.76. The minimum Gasteiger partial charge on any atom is -0.485 e. The Bertz CT molecular complexity index is 1130. The van der Waals surface area contributed by atoms with Gasteiger partial charge in [0.1, 0.15) is 16.4 Å². The predicted molar refractivity (Wildman–Crippen MR) is 102 cm³/mol. The van der Waals surface area contributed by atoms with E-state index in [1.165, 1.54) is 11.3 Å². The Morgan fingerprint density at radius 3 is 2.78 bits per heavy atom. The molecule has 1 N–H and O–H groups in total. The molecular formula is C19H18N4O3S. The molecular weight excluding hydrogens is 364 g/mol. The van der Waals surface area contributed by atoms with Crippen LogP contribution in [-0.4, -0.2) is 20.1 Å². The standard InChI is InChI=1S/C19H18N4O3S/c1-11-12(2)27-19-17(11)18(24)21-14(22-19)8-9-16-20-15(23-26-16)10-25-13-6-4-3-5-7-13/h3-7H,8-10H2,1-2H3,(H,21,22,24). The molecule has 0 unspecified atom stereocenters. The molecule has 0 saturated carbocycles. The van der Waals surface area contributed by atoms with Gasteiger partial charge >= 0.3 is 0 Å². The smallest absolute Gasteiger partial charge is 0.259 e. The number of aromatic nitrogens is 4. The molecule has 0 spiro atoms. The highest BCUT2D eigenvalue weighted by atomic mass is 32.1. The summed E-state index contributed by atoms with van der Waals surface area (Å²) in [6.45, 7) is 4.18. The lowest BCUT2D eigenvalue weighted by molar-refractivity contribution is 0.285. The number of nitrogens with zero attached hydrogens (tertiary/aromatic N) is 3. The number of benzene rings is 1. The van der Waals surface area contributed by atoms with Crippen molar-refractivity contribution in [2.75, 3.05) is 0 Å². The molecule has 27 heavy (non-hydrogen) atoms. The van der Waals surface area contributed by atoms with Crippen molar-refractivity contribution in [1.82, 2.24) is 20.1 Å². The average molecular weight is 382 g/mol. The molecule has 0 fully saturated rings. The first-order valence-electron chi connectivity index (χ1n) is 8.58. The van der Waals surface area contributed by atoms with E-state index in [0.717, 1.165) is 21.0 Å². The summed E-state index contributed by atoms with van der Waals surface area (Å²) in [6.07, 6.45) is 1.01. The van der Waals surface area contributed by atoms with Crippen molar-refractivity contribution in [3.05, 3.63) is 68.7 Å². The molecule has 0 aliphatic rings. The molecule has 4 rings (SSSR count). The molecule has 0 atom stereocenters. The number of hydrogen-bond acceptors (Lipinski definition) is 7. The third-order valence-electron chi connectivity index (χ3n) is 4.29. The van der Waals surface area contributed by atoms with Crippen molar-refractivity contribution in [3.63, 3.8) is 0 Å². The monoisotopic (exact) mass is 382 g/mol. The van der Waals surface area contributed by atoms with E-state index in [0.29, 0.717) is 35.8 Å². The van der Waals surface area contributed by atoms with Gasteiger partial charge in [-0.3, -0.25) is 4.79 Å². The number of para-hydroxylation sites is 1. The van der Waals surface area contributed by atoms with E-state index in [2.05, 4.69) is 20.1 Å². The van der Waals surface area contributed by atoms with Crippen LogP contribution in [0.5, 0.6) is 5.75 Å². The topological polar surface area (TPSA) is 93.9 Å². The minimum absolute atomic E-state index is 0.0978. The number of aromatic amines is 1. The lowest BCUT2D eigenvalue weighted by atomic mass is 10.2. The Morgan fingerprint density at radius 1 is 1.15 bits per heavy atom. The van der Waals surface area contributed by atoms with Crippen LogP contribution in [0, 0.1) is 13.8 Å². The second-order valence-corrected chi connectivity index (χ2v) is 7.39. The van der Waals surface area contributed by atoms with E-state index in [1.807, 2.05) is 44.2 Å². The van der Waals surface area contributed by atoms with Crippen LogP contribution in [0.3, 0.4) is 0 Å². The molecule has 3 aromatic heterocycles. The summed E-state index contributed by atoms with van der Waals surface area (Å²) < 4.78 is 10.9. The lowest BCUT2D eigenvalue weighted by Gasteiger charge is -2.01. The first-order valence-corrected chi connectivity index (χ1v) is 9.40. The maximum absolute atomic E-state index is 12.3. The number of fused-ring (bicyclic) bond motifs is 1. The maximum Gasteiger partial charge on any atom is 0.259 e. The van der Waals surface area contributed by atoms with Gasteiger partial charge in [-0.2, -0.15) is 4.98 Å². The van der Waals surface area contributed by atoms with Crippen molar-refractivity contribution < 1.29 is 9.26 Å². The minimum atomic E-state index is -0.0978.